The Balaban J connectivity index is 2.01. The molecule has 0 heterocycles. The first-order valence-corrected chi connectivity index (χ1v) is 7.11. The molecule has 0 aliphatic heterocycles. The second kappa shape index (κ2) is 5.76. The van der Waals surface area contributed by atoms with E-state index in [0.717, 1.165) is 21.8 Å². The monoisotopic (exact) mass is 297 g/mol. The number of anilines is 1. The number of hydrogen-bond donors (Lipinski definition) is 1. The molecule has 2 rings (SSSR count). The van der Waals surface area contributed by atoms with Crippen molar-refractivity contribution < 1.29 is 4.74 Å². The van der Waals surface area contributed by atoms with Gasteiger partial charge in [-0.1, -0.05) is 29.3 Å². The highest BCUT2D eigenvalue weighted by atomic mass is 79.9. The highest BCUT2D eigenvalue weighted by Gasteiger charge is 2.23. The van der Waals surface area contributed by atoms with Crippen LogP contribution in [0, 0.1) is 5.92 Å². The molecule has 1 saturated carbocycles. The van der Waals surface area contributed by atoms with Crippen molar-refractivity contribution in [2.24, 2.45) is 5.92 Å². The van der Waals surface area contributed by atoms with E-state index in [-0.39, 0.29) is 0 Å². The highest BCUT2D eigenvalue weighted by Crippen LogP contribution is 2.32. The van der Waals surface area contributed by atoms with E-state index < -0.39 is 0 Å². The minimum atomic E-state index is 0.624. The SMILES string of the molecule is CCC1CCC(Nc2cc(Br)cc(OC)c2)C1. The van der Waals surface area contributed by atoms with Crippen LogP contribution in [0.1, 0.15) is 32.6 Å². The van der Waals surface area contributed by atoms with E-state index >= 15 is 0 Å². The van der Waals surface area contributed by atoms with Gasteiger partial charge in [0.05, 0.1) is 7.11 Å². The van der Waals surface area contributed by atoms with Gasteiger partial charge in [0.2, 0.25) is 0 Å². The van der Waals surface area contributed by atoms with Gasteiger partial charge in [-0.15, -0.1) is 0 Å². The second-order valence-corrected chi connectivity index (χ2v) is 5.72. The Hall–Kier alpha value is -0.700. The smallest absolute Gasteiger partial charge is 0.122 e. The number of nitrogens with one attached hydrogen (secondary N) is 1. The van der Waals surface area contributed by atoms with Crippen LogP contribution in [-0.2, 0) is 0 Å². The molecule has 1 N–H and O–H groups in total. The minimum Gasteiger partial charge on any atom is -0.497 e. The molecule has 0 aromatic heterocycles. The van der Waals surface area contributed by atoms with Crippen molar-refractivity contribution in [2.45, 2.75) is 38.6 Å². The normalized spacial score (nSPS) is 23.7. The lowest BCUT2D eigenvalue weighted by Gasteiger charge is -2.15. The molecule has 1 aromatic rings. The quantitative estimate of drug-likeness (QED) is 0.886. The van der Waals surface area contributed by atoms with Crippen LogP contribution in [0.2, 0.25) is 0 Å². The molecule has 1 aliphatic rings. The van der Waals surface area contributed by atoms with Crippen molar-refractivity contribution in [3.63, 3.8) is 0 Å². The van der Waals surface area contributed by atoms with Gasteiger partial charge >= 0.3 is 0 Å². The predicted octanol–water partition coefficient (Wildman–Crippen LogP) is 4.45. The molecular formula is C14H20BrNO. The molecule has 2 nitrogen and oxygen atoms in total. The van der Waals surface area contributed by atoms with Crippen LogP contribution in [0.15, 0.2) is 22.7 Å². The largest absolute Gasteiger partial charge is 0.497 e. The van der Waals surface area contributed by atoms with E-state index in [1.807, 2.05) is 6.07 Å². The van der Waals surface area contributed by atoms with E-state index in [4.69, 9.17) is 4.74 Å². The maximum absolute atomic E-state index is 5.27. The van der Waals surface area contributed by atoms with Crippen LogP contribution in [0.4, 0.5) is 5.69 Å². The van der Waals surface area contributed by atoms with Gasteiger partial charge in [0.1, 0.15) is 5.75 Å². The Kier molecular flexibility index (Phi) is 4.32. The molecule has 0 radical (unpaired) electrons. The third kappa shape index (κ3) is 3.38. The van der Waals surface area contributed by atoms with Gasteiger partial charge in [-0.25, -0.2) is 0 Å². The topological polar surface area (TPSA) is 21.3 Å². The summed E-state index contributed by atoms with van der Waals surface area (Å²) in [4.78, 5) is 0. The maximum atomic E-state index is 5.27. The number of halogens is 1. The van der Waals surface area contributed by atoms with E-state index in [1.165, 1.54) is 25.7 Å². The molecule has 0 spiro atoms. The van der Waals surface area contributed by atoms with Crippen LogP contribution in [0.5, 0.6) is 5.75 Å². The van der Waals surface area contributed by atoms with Crippen LogP contribution < -0.4 is 10.1 Å². The van der Waals surface area contributed by atoms with Crippen molar-refractivity contribution in [1.29, 1.82) is 0 Å². The van der Waals surface area contributed by atoms with Crippen LogP contribution >= 0.6 is 15.9 Å². The Morgan fingerprint density at radius 2 is 2.18 bits per heavy atom. The third-order valence-electron chi connectivity index (χ3n) is 3.60. The van der Waals surface area contributed by atoms with Crippen LogP contribution in [-0.4, -0.2) is 13.2 Å². The zero-order valence-electron chi connectivity index (χ0n) is 10.5. The molecule has 3 heteroatoms. The highest BCUT2D eigenvalue weighted by molar-refractivity contribution is 9.10. The van der Waals surface area contributed by atoms with Crippen LogP contribution in [0.25, 0.3) is 0 Å². The molecule has 0 bridgehead atoms. The van der Waals surface area contributed by atoms with Gasteiger partial charge in [-0.05, 0) is 37.3 Å². The Bertz CT molecular complexity index is 380. The Labute approximate surface area is 112 Å². The van der Waals surface area contributed by atoms with E-state index in [0.29, 0.717) is 6.04 Å². The number of methoxy groups -OCH3 is 1. The average Bonchev–Trinajstić information content (AvgIpc) is 2.76. The molecule has 0 amide bonds. The standard InChI is InChI=1S/C14H20BrNO/c1-3-10-4-5-12(6-10)16-13-7-11(15)8-14(9-13)17-2/h7-10,12,16H,3-6H2,1-2H3. The first-order valence-electron chi connectivity index (χ1n) is 6.32. The number of ether oxygens (including phenoxy) is 1. The molecule has 2 unspecified atom stereocenters. The van der Waals surface area contributed by atoms with Crippen molar-refractivity contribution in [1.82, 2.24) is 0 Å². The average molecular weight is 298 g/mol. The molecule has 1 fully saturated rings. The maximum Gasteiger partial charge on any atom is 0.122 e. The van der Waals surface area contributed by atoms with Crippen molar-refractivity contribution >= 4 is 21.6 Å². The summed E-state index contributed by atoms with van der Waals surface area (Å²) in [7, 11) is 1.70. The van der Waals surface area contributed by atoms with Gasteiger partial charge in [-0.3, -0.25) is 0 Å². The minimum absolute atomic E-state index is 0.624. The Morgan fingerprint density at radius 1 is 1.35 bits per heavy atom. The summed E-state index contributed by atoms with van der Waals surface area (Å²) in [6.45, 7) is 2.29. The molecule has 94 valence electrons. The van der Waals surface area contributed by atoms with E-state index in [1.54, 1.807) is 7.11 Å². The summed E-state index contributed by atoms with van der Waals surface area (Å²) in [6.07, 6.45) is 5.25. The molecule has 2 atom stereocenters. The fourth-order valence-corrected chi connectivity index (χ4v) is 3.05. The van der Waals surface area contributed by atoms with Gasteiger partial charge in [0.25, 0.3) is 0 Å². The molecular weight excluding hydrogens is 278 g/mol. The van der Waals surface area contributed by atoms with Crippen molar-refractivity contribution in [3.8, 4) is 5.75 Å². The number of rotatable bonds is 4. The van der Waals surface area contributed by atoms with E-state index in [2.05, 4.69) is 40.3 Å². The summed E-state index contributed by atoms with van der Waals surface area (Å²) in [5.41, 5.74) is 1.15. The first-order chi connectivity index (χ1) is 8.21. The van der Waals surface area contributed by atoms with Crippen molar-refractivity contribution in [2.75, 3.05) is 12.4 Å². The number of hydrogen-bond acceptors (Lipinski definition) is 2. The fraction of sp³-hybridized carbons (Fsp3) is 0.571. The second-order valence-electron chi connectivity index (χ2n) is 4.81. The lowest BCUT2D eigenvalue weighted by molar-refractivity contribution is 0.414. The summed E-state index contributed by atoms with van der Waals surface area (Å²) in [5.74, 6) is 1.80. The molecule has 0 saturated heterocycles. The number of benzene rings is 1. The van der Waals surface area contributed by atoms with Gasteiger partial charge < -0.3 is 10.1 Å². The first kappa shape index (κ1) is 12.7. The van der Waals surface area contributed by atoms with Gasteiger partial charge in [-0.2, -0.15) is 0 Å². The Morgan fingerprint density at radius 3 is 2.82 bits per heavy atom. The van der Waals surface area contributed by atoms with E-state index in [9.17, 15) is 0 Å². The summed E-state index contributed by atoms with van der Waals surface area (Å²) >= 11 is 3.51. The molecule has 17 heavy (non-hydrogen) atoms. The summed E-state index contributed by atoms with van der Waals surface area (Å²) in [5, 5.41) is 3.61. The van der Waals surface area contributed by atoms with Gasteiger partial charge in [0, 0.05) is 22.3 Å². The third-order valence-corrected chi connectivity index (χ3v) is 4.05. The fourth-order valence-electron chi connectivity index (χ4n) is 2.58. The lowest BCUT2D eigenvalue weighted by atomic mass is 10.1. The van der Waals surface area contributed by atoms with Gasteiger partial charge in [0.15, 0.2) is 0 Å². The zero-order chi connectivity index (χ0) is 12.3. The molecule has 1 aromatic carbocycles. The molecule has 1 aliphatic carbocycles. The van der Waals surface area contributed by atoms with Crippen molar-refractivity contribution in [3.05, 3.63) is 22.7 Å². The lowest BCUT2D eigenvalue weighted by Crippen LogP contribution is -2.15. The summed E-state index contributed by atoms with van der Waals surface area (Å²) in [6, 6.07) is 6.78. The summed E-state index contributed by atoms with van der Waals surface area (Å²) < 4.78 is 6.33. The van der Waals surface area contributed by atoms with Crippen LogP contribution in [0.3, 0.4) is 0 Å². The zero-order valence-corrected chi connectivity index (χ0v) is 12.1. The predicted molar refractivity (Wildman–Crippen MR) is 75.7 cm³/mol.